The molecule has 0 heterocycles. The molecular weight excluding hydrogens is 647 g/mol. The molecule has 0 fully saturated rings. The molecule has 0 spiro atoms. The van der Waals surface area contributed by atoms with Gasteiger partial charge in [-0.3, -0.25) is 19.2 Å². The number of aliphatic carboxylic acids is 2. The van der Waals surface area contributed by atoms with Crippen molar-refractivity contribution in [1.29, 1.82) is 0 Å². The average Bonchev–Trinajstić information content (AvgIpc) is 2.89. The van der Waals surface area contributed by atoms with E-state index in [1.54, 1.807) is 8.87 Å². The Hall–Kier alpha value is -0.621. The van der Waals surface area contributed by atoms with Gasteiger partial charge in [-0.15, -0.1) is 0 Å². The fourth-order valence-corrected chi connectivity index (χ4v) is 8.19. The molecule has 0 unspecified atom stereocenters. The molecule has 0 aliphatic rings. The zero-order valence-electron chi connectivity index (χ0n) is 24.8. The summed E-state index contributed by atoms with van der Waals surface area (Å²) in [6.07, 6.45) is 10.7. The van der Waals surface area contributed by atoms with Gasteiger partial charge >= 0.3 is 93.4 Å². The van der Waals surface area contributed by atoms with E-state index < -0.39 is 11.9 Å². The molecule has 2 N–H and O–H groups in total. The van der Waals surface area contributed by atoms with E-state index in [-0.39, 0.29) is 45.9 Å². The minimum atomic E-state index is -0.798. The van der Waals surface area contributed by atoms with E-state index in [2.05, 4.69) is 13.8 Å². The van der Waals surface area contributed by atoms with Crippen molar-refractivity contribution in [3.05, 3.63) is 0 Å². The summed E-state index contributed by atoms with van der Waals surface area (Å²) >= 11 is 3.08. The van der Waals surface area contributed by atoms with E-state index in [1.165, 1.54) is 49.2 Å². The number of carbonyl (C=O) groups excluding carboxylic acids is 2. The van der Waals surface area contributed by atoms with Gasteiger partial charge in [-0.05, 0) is 12.8 Å². The fourth-order valence-electron chi connectivity index (χ4n) is 2.37. The van der Waals surface area contributed by atoms with Gasteiger partial charge in [0.25, 0.3) is 0 Å². The maximum atomic E-state index is 11.1. The Morgan fingerprint density at radius 3 is 1.21 bits per heavy atom. The Bertz CT molecular complexity index is 532. The third-order valence-corrected chi connectivity index (χ3v) is 10.8. The zero-order valence-corrected chi connectivity index (χ0v) is 29.3. The predicted octanol–water partition coefficient (Wildman–Crippen LogP) is 6.98. The Morgan fingerprint density at radius 1 is 0.564 bits per heavy atom. The van der Waals surface area contributed by atoms with Crippen molar-refractivity contribution in [1.82, 2.24) is 0 Å². The summed E-state index contributed by atoms with van der Waals surface area (Å²) in [6, 6.07) is 0. The molecular formula is C28H54O8S2Sn. The van der Waals surface area contributed by atoms with E-state index in [1.807, 2.05) is 13.8 Å². The fraction of sp³-hybridized carbons (Fsp3) is 0.857. The number of esters is 2. The quantitative estimate of drug-likeness (QED) is 0.0618. The van der Waals surface area contributed by atoms with Gasteiger partial charge in [0, 0.05) is 23.0 Å². The van der Waals surface area contributed by atoms with Gasteiger partial charge in [-0.25, -0.2) is 0 Å². The molecule has 0 atom stereocenters. The van der Waals surface area contributed by atoms with Crippen LogP contribution in [0.2, 0.25) is 8.87 Å². The molecule has 0 aromatic heterocycles. The van der Waals surface area contributed by atoms with Crippen LogP contribution in [0.1, 0.15) is 105 Å². The van der Waals surface area contributed by atoms with Gasteiger partial charge in [0.05, 0.1) is 38.9 Å². The van der Waals surface area contributed by atoms with Gasteiger partial charge in [0.2, 0.25) is 0 Å². The maximum absolute atomic E-state index is 11.1. The van der Waals surface area contributed by atoms with Crippen LogP contribution in [0.3, 0.4) is 0 Å². The third-order valence-electron chi connectivity index (χ3n) is 4.76. The van der Waals surface area contributed by atoms with Crippen LogP contribution < -0.4 is 0 Å². The zero-order chi connectivity index (χ0) is 30.0. The van der Waals surface area contributed by atoms with Crippen LogP contribution in [0.15, 0.2) is 0 Å². The Labute approximate surface area is 256 Å². The van der Waals surface area contributed by atoms with Crippen LogP contribution in [0, 0.1) is 0 Å². The first kappa shape index (κ1) is 42.8. The first-order valence-electron chi connectivity index (χ1n) is 14.4. The van der Waals surface area contributed by atoms with Gasteiger partial charge in [-0.1, -0.05) is 26.7 Å². The van der Waals surface area contributed by atoms with E-state index in [0.29, 0.717) is 49.1 Å². The monoisotopic (exact) mass is 702 g/mol. The van der Waals surface area contributed by atoms with Crippen molar-refractivity contribution >= 4 is 68.5 Å². The molecule has 0 aromatic carbocycles. The molecule has 0 saturated carbocycles. The number of carboxylic acids is 2. The molecule has 0 saturated heterocycles. The Morgan fingerprint density at radius 2 is 0.897 bits per heavy atom. The Kier molecular flexibility index (Phi) is 41.1. The van der Waals surface area contributed by atoms with Crippen molar-refractivity contribution in [2.75, 3.05) is 36.2 Å². The molecule has 230 valence electrons. The molecule has 11 heteroatoms. The van der Waals surface area contributed by atoms with Crippen LogP contribution in [0.5, 0.6) is 0 Å². The molecule has 0 aromatic rings. The summed E-state index contributed by atoms with van der Waals surface area (Å²) in [5.41, 5.74) is 0. The molecule has 0 rings (SSSR count). The normalized spacial score (nSPS) is 9.95. The van der Waals surface area contributed by atoms with Crippen LogP contribution in [-0.2, 0) is 28.7 Å². The van der Waals surface area contributed by atoms with Gasteiger partial charge in [-0.2, -0.15) is 23.5 Å². The Balaban J connectivity index is -0.000000516. The third kappa shape index (κ3) is 47.5. The number of unbranched alkanes of at least 4 members (excludes halogenated alkanes) is 4. The predicted molar refractivity (Wildman–Crippen MR) is 165 cm³/mol. The van der Waals surface area contributed by atoms with Crippen molar-refractivity contribution in [3.8, 4) is 0 Å². The van der Waals surface area contributed by atoms with Gasteiger partial charge < -0.3 is 19.7 Å². The van der Waals surface area contributed by atoms with E-state index in [4.69, 9.17) is 19.7 Å². The van der Waals surface area contributed by atoms with Crippen LogP contribution in [0.25, 0.3) is 0 Å². The van der Waals surface area contributed by atoms with E-state index in [9.17, 15) is 19.2 Å². The second kappa shape index (κ2) is 37.4. The van der Waals surface area contributed by atoms with Gasteiger partial charge in [0.15, 0.2) is 0 Å². The molecule has 0 bridgehead atoms. The minimum absolute atomic E-state index is 0.148. The number of carboxylic acid groups (broad SMARTS) is 2. The molecule has 39 heavy (non-hydrogen) atoms. The van der Waals surface area contributed by atoms with Crippen molar-refractivity contribution in [2.24, 2.45) is 0 Å². The number of ether oxygens (including phenoxy) is 2. The standard InChI is InChI=1S/2C10H18O4S.2C4H9.Sn/c2*1-2-3-6-14-10(13)5-8-15-7-4-9(11)12;2*1-3-4-2;/h2*2-8H2,1H3,(H,11,12);2*1,3-4H2,2H3;. The molecule has 0 aliphatic heterocycles. The molecule has 8 nitrogen and oxygen atoms in total. The van der Waals surface area contributed by atoms with Gasteiger partial charge in [0.1, 0.15) is 0 Å². The van der Waals surface area contributed by atoms with Crippen LogP contribution in [-0.4, -0.2) is 91.5 Å². The second-order valence-corrected chi connectivity index (χ2v) is 15.3. The summed E-state index contributed by atoms with van der Waals surface area (Å²) in [7, 11) is 0. The number of carbonyl (C=O) groups is 4. The van der Waals surface area contributed by atoms with Crippen molar-refractivity contribution < 1.29 is 38.9 Å². The summed E-state index contributed by atoms with van der Waals surface area (Å²) in [5, 5.41) is 16.7. The van der Waals surface area contributed by atoms with E-state index >= 15 is 0 Å². The molecule has 2 radical (unpaired) electrons. The number of rotatable bonds is 24. The average molecular weight is 702 g/mol. The van der Waals surface area contributed by atoms with Crippen LogP contribution in [0.4, 0.5) is 0 Å². The number of hydrogen-bond acceptors (Lipinski definition) is 8. The van der Waals surface area contributed by atoms with Crippen LogP contribution >= 0.6 is 23.5 Å². The summed E-state index contributed by atoms with van der Waals surface area (Å²) in [4.78, 5) is 42.5. The summed E-state index contributed by atoms with van der Waals surface area (Å²) in [5.74, 6) is 0.407. The summed E-state index contributed by atoms with van der Waals surface area (Å²) in [6.45, 7) is 9.65. The van der Waals surface area contributed by atoms with E-state index in [0.717, 1.165) is 25.7 Å². The first-order valence-corrected chi connectivity index (χ1v) is 20.7. The topological polar surface area (TPSA) is 127 Å². The summed E-state index contributed by atoms with van der Waals surface area (Å²) < 4.78 is 13.1. The number of hydrogen-bond donors (Lipinski definition) is 2. The van der Waals surface area contributed by atoms with Crippen molar-refractivity contribution in [3.63, 3.8) is 0 Å². The molecule has 0 aliphatic carbocycles. The van der Waals surface area contributed by atoms with Crippen molar-refractivity contribution in [2.45, 2.75) is 114 Å². The second-order valence-electron chi connectivity index (χ2n) is 8.62. The molecule has 0 amide bonds. The first-order chi connectivity index (χ1) is 18.7. The SMILES string of the molecule is CCCCOC(=O)CCSCCC(=O)O.CCCCOC(=O)CCSCCC(=O)O.CCC[CH2][Sn][CH2]CCC. The number of thioether (sulfide) groups is 2.